The first kappa shape index (κ1) is 19.5. The van der Waals surface area contributed by atoms with Crippen LogP contribution in [0.2, 0.25) is 0 Å². The second kappa shape index (κ2) is 7.53. The van der Waals surface area contributed by atoms with E-state index in [1.54, 1.807) is 18.4 Å². The summed E-state index contributed by atoms with van der Waals surface area (Å²) >= 11 is 1.77. The molecule has 0 N–H and O–H groups in total. The number of para-hydroxylation sites is 1. The SMILES string of the molecule is C=CC[n+]1c(/C=C/C=C2\N(C)c3ccccc3C2(C)C)sc2cc(OC)ccc21. The zero-order chi connectivity index (χ0) is 20.6. The Bertz CT molecular complexity index is 1140. The third kappa shape index (κ3) is 3.28. The molecule has 148 valence electrons. The highest BCUT2D eigenvalue weighted by molar-refractivity contribution is 7.18. The van der Waals surface area contributed by atoms with E-state index < -0.39 is 0 Å². The van der Waals surface area contributed by atoms with E-state index in [2.05, 4.69) is 91.6 Å². The van der Waals surface area contributed by atoms with Crippen LogP contribution in [-0.4, -0.2) is 14.2 Å². The first-order valence-electron chi connectivity index (χ1n) is 9.80. The molecule has 0 spiro atoms. The van der Waals surface area contributed by atoms with Crippen LogP contribution in [-0.2, 0) is 12.0 Å². The lowest BCUT2D eigenvalue weighted by Gasteiger charge is -2.23. The maximum Gasteiger partial charge on any atom is 0.263 e. The fourth-order valence-corrected chi connectivity index (χ4v) is 5.29. The Balaban J connectivity index is 1.72. The van der Waals surface area contributed by atoms with Crippen LogP contribution in [0, 0.1) is 0 Å². The van der Waals surface area contributed by atoms with E-state index in [0.717, 1.165) is 12.3 Å². The molecule has 3 nitrogen and oxygen atoms in total. The number of allylic oxidation sites excluding steroid dienone is 4. The summed E-state index contributed by atoms with van der Waals surface area (Å²) < 4.78 is 8.89. The van der Waals surface area contributed by atoms with Gasteiger partial charge < -0.3 is 9.64 Å². The fourth-order valence-electron chi connectivity index (χ4n) is 4.18. The predicted molar refractivity (Wildman–Crippen MR) is 124 cm³/mol. The molecule has 0 radical (unpaired) electrons. The lowest BCUT2D eigenvalue weighted by atomic mass is 9.84. The van der Waals surface area contributed by atoms with Crippen LogP contribution in [0.4, 0.5) is 5.69 Å². The molecule has 0 atom stereocenters. The van der Waals surface area contributed by atoms with Crippen molar-refractivity contribution in [1.82, 2.24) is 0 Å². The number of nitrogens with zero attached hydrogens (tertiary/aromatic N) is 2. The standard InChI is InChI=1S/C25H27N2OS/c1-6-16-27-21-15-14-18(28-5)17-22(21)29-24(27)13-9-12-23-25(2,3)19-10-7-8-11-20(19)26(23)4/h6-15,17H,1,16H2,2-5H3/q+1. The van der Waals surface area contributed by atoms with Gasteiger partial charge in [-0.2, -0.15) is 4.57 Å². The van der Waals surface area contributed by atoms with Crippen molar-refractivity contribution in [2.45, 2.75) is 25.8 Å². The summed E-state index contributed by atoms with van der Waals surface area (Å²) in [6, 6.07) is 14.9. The summed E-state index contributed by atoms with van der Waals surface area (Å²) in [4.78, 5) is 2.30. The topological polar surface area (TPSA) is 16.4 Å². The Morgan fingerprint density at radius 3 is 2.72 bits per heavy atom. The molecule has 1 aliphatic rings. The Morgan fingerprint density at radius 1 is 1.21 bits per heavy atom. The molecule has 29 heavy (non-hydrogen) atoms. The van der Waals surface area contributed by atoms with Crippen molar-refractivity contribution in [3.8, 4) is 5.75 Å². The average Bonchev–Trinajstić information content (AvgIpc) is 3.16. The van der Waals surface area contributed by atoms with Crippen molar-refractivity contribution in [2.75, 3.05) is 19.1 Å². The molecule has 0 aliphatic carbocycles. The number of likely N-dealkylation sites (N-methyl/N-ethyl adjacent to an activating group) is 1. The van der Waals surface area contributed by atoms with Gasteiger partial charge in [0, 0.05) is 42.1 Å². The van der Waals surface area contributed by atoms with Gasteiger partial charge >= 0.3 is 0 Å². The Kier molecular flexibility index (Phi) is 5.05. The smallest absolute Gasteiger partial charge is 0.263 e. The lowest BCUT2D eigenvalue weighted by Crippen LogP contribution is -2.33. The highest BCUT2D eigenvalue weighted by Gasteiger charge is 2.37. The van der Waals surface area contributed by atoms with Crippen LogP contribution in [0.3, 0.4) is 0 Å². The van der Waals surface area contributed by atoms with E-state index >= 15 is 0 Å². The maximum absolute atomic E-state index is 5.39. The molecule has 4 heteroatoms. The molecule has 2 aromatic carbocycles. The minimum atomic E-state index is -0.0136. The van der Waals surface area contributed by atoms with E-state index in [-0.39, 0.29) is 5.41 Å². The number of anilines is 1. The highest BCUT2D eigenvalue weighted by atomic mass is 32.1. The molecular weight excluding hydrogens is 376 g/mol. The number of ether oxygens (including phenoxy) is 1. The number of benzene rings is 2. The van der Waals surface area contributed by atoms with E-state index in [0.29, 0.717) is 0 Å². The van der Waals surface area contributed by atoms with Gasteiger partial charge in [-0.3, -0.25) is 0 Å². The van der Waals surface area contributed by atoms with Gasteiger partial charge in [0.1, 0.15) is 10.4 Å². The maximum atomic E-state index is 5.39. The van der Waals surface area contributed by atoms with Gasteiger partial charge in [-0.05, 0) is 29.8 Å². The van der Waals surface area contributed by atoms with E-state index in [1.165, 1.54) is 32.2 Å². The van der Waals surface area contributed by atoms with Gasteiger partial charge in [0.25, 0.3) is 5.01 Å². The average molecular weight is 404 g/mol. The van der Waals surface area contributed by atoms with Crippen LogP contribution < -0.4 is 14.2 Å². The number of hydrogen-bond donors (Lipinski definition) is 0. The van der Waals surface area contributed by atoms with E-state index in [9.17, 15) is 0 Å². The minimum Gasteiger partial charge on any atom is -0.497 e. The number of rotatable bonds is 5. The number of hydrogen-bond acceptors (Lipinski definition) is 3. The van der Waals surface area contributed by atoms with Crippen LogP contribution >= 0.6 is 11.3 Å². The molecule has 0 amide bonds. The summed E-state index contributed by atoms with van der Waals surface area (Å²) in [7, 11) is 3.86. The van der Waals surface area contributed by atoms with Crippen molar-refractivity contribution in [3.05, 3.63) is 83.5 Å². The van der Waals surface area contributed by atoms with Gasteiger partial charge in [-0.1, -0.05) is 56.0 Å². The molecule has 0 bridgehead atoms. The summed E-state index contributed by atoms with van der Waals surface area (Å²) in [6.07, 6.45) is 8.54. The third-order valence-electron chi connectivity index (χ3n) is 5.68. The number of methoxy groups -OCH3 is 1. The van der Waals surface area contributed by atoms with Gasteiger partial charge in [0.05, 0.1) is 7.11 Å². The number of thiazole rings is 1. The summed E-state index contributed by atoms with van der Waals surface area (Å²) in [5, 5.41) is 1.20. The quantitative estimate of drug-likeness (QED) is 0.401. The van der Waals surface area contributed by atoms with Crippen molar-refractivity contribution in [2.24, 2.45) is 0 Å². The third-order valence-corrected chi connectivity index (χ3v) is 6.80. The van der Waals surface area contributed by atoms with Crippen LogP contribution in [0.1, 0.15) is 24.4 Å². The fraction of sp³-hybridized carbons (Fsp3) is 0.240. The van der Waals surface area contributed by atoms with Crippen LogP contribution in [0.5, 0.6) is 5.75 Å². The largest absolute Gasteiger partial charge is 0.497 e. The summed E-state index contributed by atoms with van der Waals surface area (Å²) in [5.41, 5.74) is 5.15. The Labute approximate surface area is 176 Å². The van der Waals surface area contributed by atoms with Gasteiger partial charge in [0.15, 0.2) is 6.54 Å². The predicted octanol–water partition coefficient (Wildman–Crippen LogP) is 5.71. The van der Waals surface area contributed by atoms with Crippen molar-refractivity contribution < 1.29 is 9.30 Å². The Hall–Kier alpha value is -2.85. The molecule has 0 saturated carbocycles. The molecular formula is C25H27N2OS+. The van der Waals surface area contributed by atoms with Crippen molar-refractivity contribution >= 4 is 33.3 Å². The van der Waals surface area contributed by atoms with E-state index in [4.69, 9.17) is 4.74 Å². The molecule has 0 fully saturated rings. The van der Waals surface area contributed by atoms with Gasteiger partial charge in [-0.25, -0.2) is 0 Å². The Morgan fingerprint density at radius 2 is 2.00 bits per heavy atom. The highest BCUT2D eigenvalue weighted by Crippen LogP contribution is 2.46. The molecule has 4 rings (SSSR count). The molecule has 2 heterocycles. The van der Waals surface area contributed by atoms with Gasteiger partial charge in [-0.15, -0.1) is 0 Å². The van der Waals surface area contributed by atoms with Gasteiger partial charge in [0.2, 0.25) is 5.52 Å². The lowest BCUT2D eigenvalue weighted by molar-refractivity contribution is -0.658. The summed E-state index contributed by atoms with van der Waals surface area (Å²) in [5.74, 6) is 0.884. The van der Waals surface area contributed by atoms with Crippen LogP contribution in [0.25, 0.3) is 16.3 Å². The second-order valence-electron chi connectivity index (χ2n) is 7.79. The molecule has 1 aliphatic heterocycles. The minimum absolute atomic E-state index is 0.0136. The molecule has 0 saturated heterocycles. The van der Waals surface area contributed by atoms with Crippen molar-refractivity contribution in [1.29, 1.82) is 0 Å². The van der Waals surface area contributed by atoms with Crippen LogP contribution in [0.15, 0.2) is 73.0 Å². The van der Waals surface area contributed by atoms with E-state index in [1.807, 2.05) is 12.1 Å². The molecule has 3 aromatic rings. The monoisotopic (exact) mass is 403 g/mol. The molecule has 1 aromatic heterocycles. The zero-order valence-corrected chi connectivity index (χ0v) is 18.3. The molecule has 0 unspecified atom stereocenters. The second-order valence-corrected chi connectivity index (χ2v) is 8.85. The zero-order valence-electron chi connectivity index (χ0n) is 17.5. The normalized spacial score (nSPS) is 16.7. The first-order chi connectivity index (χ1) is 14.0. The number of aromatic nitrogens is 1. The first-order valence-corrected chi connectivity index (χ1v) is 10.6. The van der Waals surface area contributed by atoms with Crippen molar-refractivity contribution in [3.63, 3.8) is 0 Å². The number of fused-ring (bicyclic) bond motifs is 2. The summed E-state index contributed by atoms with van der Waals surface area (Å²) in [6.45, 7) is 9.29.